The first-order chi connectivity index (χ1) is 21.7. The smallest absolute Gasteiger partial charge is 0.192 e. The van der Waals surface area contributed by atoms with E-state index in [0.717, 1.165) is 6.07 Å². The van der Waals surface area contributed by atoms with Crippen LogP contribution in [0.25, 0.3) is 11.1 Å². The van der Waals surface area contributed by atoms with Gasteiger partial charge >= 0.3 is 12.4 Å². The Morgan fingerprint density at radius 1 is 0.457 bits per heavy atom. The summed E-state index contributed by atoms with van der Waals surface area (Å²) in [5, 5.41) is 86.5. The van der Waals surface area contributed by atoms with Crippen molar-refractivity contribution >= 4 is 11.1 Å². The van der Waals surface area contributed by atoms with Crippen LogP contribution in [0.3, 0.4) is 0 Å². The van der Waals surface area contributed by atoms with E-state index in [1.54, 1.807) is 6.07 Å². The Bertz CT molecular complexity index is 2390. The lowest BCUT2D eigenvalue weighted by Crippen LogP contribution is -2.27. The lowest BCUT2D eigenvalue weighted by Gasteiger charge is -2.14. The summed E-state index contributed by atoms with van der Waals surface area (Å²) in [7, 11) is 0. The summed E-state index contributed by atoms with van der Waals surface area (Å²) in [5.41, 5.74) is -12.9. The number of alkyl halides is 6. The lowest BCUT2D eigenvalue weighted by atomic mass is 9.87. The fourth-order valence-corrected chi connectivity index (χ4v) is 4.47. The predicted molar refractivity (Wildman–Crippen MR) is 138 cm³/mol. The molecule has 9 nitrogen and oxygen atoms in total. The fraction of sp³-hybridized carbons (Fsp3) is 0.0645. The molecule has 0 amide bonds. The van der Waals surface area contributed by atoms with Gasteiger partial charge in [0.25, 0.3) is 0 Å². The van der Waals surface area contributed by atoms with Crippen LogP contribution >= 0.6 is 0 Å². The van der Waals surface area contributed by atoms with Crippen molar-refractivity contribution in [2.75, 3.05) is 0 Å². The molecule has 0 N–H and O–H groups in total. The third-order valence-electron chi connectivity index (χ3n) is 6.32. The van der Waals surface area contributed by atoms with Crippen molar-refractivity contribution < 1.29 is 26.3 Å². The lowest BCUT2D eigenvalue weighted by molar-refractivity contribution is -0.138. The van der Waals surface area contributed by atoms with Gasteiger partial charge in [-0.25, -0.2) is 0 Å². The zero-order valence-corrected chi connectivity index (χ0v) is 22.2. The van der Waals surface area contributed by atoms with Gasteiger partial charge < -0.3 is 0 Å². The molecule has 15 heteroatoms. The Hall–Kier alpha value is -7.61. The van der Waals surface area contributed by atoms with E-state index in [2.05, 4.69) is 0 Å². The van der Waals surface area contributed by atoms with E-state index >= 15 is 0 Å². The third kappa shape index (κ3) is 5.58. The maximum Gasteiger partial charge on any atom is 0.417 e. The first-order valence-corrected chi connectivity index (χ1v) is 11.8. The number of benzene rings is 3. The standard InChI is InChI=1S/C31H5F6N9/c32-30(33,34)27-3-15(6-38)1-18(23(27)11-43)21(9-41)20-5-17(8-40)29(26(14-46)22(20)10-42)25(13-45)19-2-16(7-39)4-28(24(19)12-44)31(35,36)37/h1-5H/b21-20+,29-25-. The molecular weight excluding hydrogens is 612 g/mol. The van der Waals surface area contributed by atoms with E-state index in [-0.39, 0.29) is 0 Å². The first-order valence-electron chi connectivity index (χ1n) is 11.8. The molecule has 0 bridgehead atoms. The summed E-state index contributed by atoms with van der Waals surface area (Å²) in [6.45, 7) is 0. The molecule has 0 saturated heterocycles. The quantitative estimate of drug-likeness (QED) is 0.375. The van der Waals surface area contributed by atoms with E-state index in [1.807, 2.05) is 0 Å². The van der Waals surface area contributed by atoms with Crippen molar-refractivity contribution in [3.63, 3.8) is 0 Å². The summed E-state index contributed by atoms with van der Waals surface area (Å²) in [6, 6.07) is 15.9. The second kappa shape index (κ2) is 12.3. The van der Waals surface area contributed by atoms with Crippen LogP contribution in [0.15, 0.2) is 30.3 Å². The highest BCUT2D eigenvalue weighted by atomic mass is 19.4. The zero-order chi connectivity index (χ0) is 34.6. The molecule has 0 fully saturated rings. The van der Waals surface area contributed by atoms with Crippen molar-refractivity contribution in [3.8, 4) is 54.6 Å². The molecule has 0 radical (unpaired) electrons. The van der Waals surface area contributed by atoms with Crippen molar-refractivity contribution in [1.82, 2.24) is 0 Å². The maximum atomic E-state index is 13.8. The highest BCUT2D eigenvalue weighted by Crippen LogP contribution is 2.37. The Morgan fingerprint density at radius 3 is 1.20 bits per heavy atom. The van der Waals surface area contributed by atoms with Gasteiger partial charge in [0.2, 0.25) is 0 Å². The molecule has 3 rings (SSSR count). The SMILES string of the molecule is N#C/C(c1cc(C#N)cc(C(F)(F)F)c1C#N)=c1/cc(C#N)/c(=C(\C#N)c2cc(C#N)cc(C(F)(F)F)c2C#N)c(C#N)c1C#N. The molecule has 0 atom stereocenters. The summed E-state index contributed by atoms with van der Waals surface area (Å²) < 4.78 is 82.9. The van der Waals surface area contributed by atoms with Gasteiger partial charge in [-0.2, -0.15) is 73.7 Å². The van der Waals surface area contributed by atoms with Gasteiger partial charge in [-0.1, -0.05) is 0 Å². The van der Waals surface area contributed by atoms with Gasteiger partial charge in [-0.05, 0) is 30.3 Å². The average molecular weight is 617 g/mol. The first kappa shape index (κ1) is 32.9. The fourth-order valence-electron chi connectivity index (χ4n) is 4.47. The Kier molecular flexibility index (Phi) is 8.81. The van der Waals surface area contributed by atoms with E-state index in [9.17, 15) is 73.7 Å². The highest BCUT2D eigenvalue weighted by molar-refractivity contribution is 5.86. The molecule has 0 aromatic heterocycles. The van der Waals surface area contributed by atoms with Gasteiger partial charge in [-0.15, -0.1) is 0 Å². The van der Waals surface area contributed by atoms with E-state index in [4.69, 9.17) is 0 Å². The van der Waals surface area contributed by atoms with Crippen LogP contribution < -0.4 is 10.4 Å². The van der Waals surface area contributed by atoms with Gasteiger partial charge in [0.1, 0.15) is 36.4 Å². The van der Waals surface area contributed by atoms with Crippen LogP contribution in [0.1, 0.15) is 61.2 Å². The molecule has 3 aromatic rings. The van der Waals surface area contributed by atoms with Gasteiger partial charge in [-0.3, -0.25) is 0 Å². The molecular formula is C31H5F6N9. The summed E-state index contributed by atoms with van der Waals surface area (Å²) >= 11 is 0. The zero-order valence-electron chi connectivity index (χ0n) is 22.2. The average Bonchev–Trinajstić information content (AvgIpc) is 3.03. The predicted octanol–water partition coefficient (Wildman–Crippen LogP) is 4.27. The van der Waals surface area contributed by atoms with Gasteiger partial charge in [0.05, 0.1) is 79.4 Å². The second-order valence-corrected chi connectivity index (χ2v) is 8.74. The van der Waals surface area contributed by atoms with E-state index in [0.29, 0.717) is 24.3 Å². The summed E-state index contributed by atoms with van der Waals surface area (Å²) in [4.78, 5) is 0. The Balaban J connectivity index is 2.82. The largest absolute Gasteiger partial charge is 0.417 e. The number of hydrogen-bond donors (Lipinski definition) is 0. The van der Waals surface area contributed by atoms with Gasteiger partial charge in [0.15, 0.2) is 0 Å². The van der Waals surface area contributed by atoms with Crippen LogP contribution in [0, 0.1) is 102 Å². The maximum absolute atomic E-state index is 13.8. The second-order valence-electron chi connectivity index (χ2n) is 8.74. The Labute approximate surface area is 253 Å². The molecule has 216 valence electrons. The number of rotatable bonds is 2. The number of halogens is 6. The minimum Gasteiger partial charge on any atom is -0.192 e. The minimum absolute atomic E-state index is 0.336. The number of hydrogen-bond acceptors (Lipinski definition) is 9. The van der Waals surface area contributed by atoms with Crippen LogP contribution in [0.2, 0.25) is 0 Å². The molecule has 0 saturated carbocycles. The number of nitrogens with zero attached hydrogens (tertiary/aromatic N) is 9. The normalized spacial score (nSPS) is 11.8. The van der Waals surface area contributed by atoms with E-state index in [1.165, 1.54) is 48.6 Å². The molecule has 0 unspecified atom stereocenters. The highest BCUT2D eigenvalue weighted by Gasteiger charge is 2.37. The van der Waals surface area contributed by atoms with E-state index < -0.39 is 95.1 Å². The van der Waals surface area contributed by atoms with Gasteiger partial charge in [0, 0.05) is 21.6 Å². The molecule has 0 heterocycles. The van der Waals surface area contributed by atoms with Crippen molar-refractivity contribution in [2.45, 2.75) is 12.4 Å². The van der Waals surface area contributed by atoms with Crippen LogP contribution in [-0.2, 0) is 12.4 Å². The molecule has 46 heavy (non-hydrogen) atoms. The van der Waals surface area contributed by atoms with Crippen molar-refractivity contribution in [2.24, 2.45) is 0 Å². The van der Waals surface area contributed by atoms with Crippen LogP contribution in [0.4, 0.5) is 26.3 Å². The Morgan fingerprint density at radius 2 is 0.870 bits per heavy atom. The molecule has 0 aliphatic heterocycles. The van der Waals surface area contributed by atoms with Crippen LogP contribution in [-0.4, -0.2) is 0 Å². The molecule has 0 spiro atoms. The summed E-state index contributed by atoms with van der Waals surface area (Å²) in [5.74, 6) is 0. The molecule has 3 aromatic carbocycles. The van der Waals surface area contributed by atoms with Crippen molar-refractivity contribution in [3.05, 3.63) is 102 Å². The molecule has 0 aliphatic carbocycles. The summed E-state index contributed by atoms with van der Waals surface area (Å²) in [6.07, 6.45) is -10.4. The third-order valence-corrected chi connectivity index (χ3v) is 6.32. The van der Waals surface area contributed by atoms with Crippen LogP contribution in [0.5, 0.6) is 0 Å². The topological polar surface area (TPSA) is 214 Å². The molecule has 0 aliphatic rings. The monoisotopic (exact) mass is 617 g/mol. The number of nitriles is 9. The minimum atomic E-state index is -5.21. The van der Waals surface area contributed by atoms with Crippen molar-refractivity contribution in [1.29, 1.82) is 47.4 Å².